The fourth-order valence-electron chi connectivity index (χ4n) is 4.83. The summed E-state index contributed by atoms with van der Waals surface area (Å²) in [5.74, 6) is -0.270. The van der Waals surface area contributed by atoms with Crippen molar-refractivity contribution in [3.05, 3.63) is 81.1 Å². The van der Waals surface area contributed by atoms with E-state index in [1.54, 1.807) is 26.2 Å². The van der Waals surface area contributed by atoms with Crippen LogP contribution in [0.1, 0.15) is 59.7 Å². The van der Waals surface area contributed by atoms with Gasteiger partial charge < -0.3 is 25.4 Å². The lowest BCUT2D eigenvalue weighted by Crippen LogP contribution is -2.34. The number of alkyl carbamates (subject to hydrolysis) is 2. The zero-order valence-corrected chi connectivity index (χ0v) is 26.5. The van der Waals surface area contributed by atoms with Crippen LogP contribution in [0.2, 0.25) is 0 Å². The largest absolute Gasteiger partial charge is 0.449 e. The molecule has 0 fully saturated rings. The molecular formula is C32H35N5O5S2. The van der Waals surface area contributed by atoms with E-state index in [4.69, 9.17) is 9.47 Å². The van der Waals surface area contributed by atoms with Crippen LogP contribution in [0, 0.1) is 0 Å². The van der Waals surface area contributed by atoms with E-state index in [0.29, 0.717) is 48.9 Å². The molecule has 2 aromatic heterocycles. The van der Waals surface area contributed by atoms with E-state index in [-0.39, 0.29) is 18.4 Å². The first kappa shape index (κ1) is 31.1. The average molecular weight is 634 g/mol. The zero-order chi connectivity index (χ0) is 31.1. The number of amides is 3. The highest BCUT2D eigenvalue weighted by Gasteiger charge is 2.29. The molecule has 0 bridgehead atoms. The van der Waals surface area contributed by atoms with Gasteiger partial charge in [-0.2, -0.15) is 0 Å². The number of hydrogen-bond acceptors (Lipinski definition) is 9. The lowest BCUT2D eigenvalue weighted by Gasteiger charge is -2.19. The summed E-state index contributed by atoms with van der Waals surface area (Å²) in [7, 11) is 0. The van der Waals surface area contributed by atoms with E-state index in [0.717, 1.165) is 5.01 Å². The van der Waals surface area contributed by atoms with Crippen LogP contribution in [0.5, 0.6) is 0 Å². The molecule has 4 aromatic rings. The number of ether oxygens (including phenoxy) is 2. The van der Waals surface area contributed by atoms with Gasteiger partial charge in [-0.25, -0.2) is 19.6 Å². The lowest BCUT2D eigenvalue weighted by molar-refractivity contribution is 0.0527. The SMILES string of the molecule is CC(C)(C)OC(=O)NCCCNC(=O)c1csc(-c2csc(CCNC(=O)OCC3c4ccccc4-c4ccccc43)n2)n1. The number of nitrogens with zero attached hydrogens (tertiary/aromatic N) is 2. The molecule has 2 heterocycles. The summed E-state index contributed by atoms with van der Waals surface area (Å²) in [6.07, 6.45) is 0.162. The second kappa shape index (κ2) is 14.0. The normalized spacial score (nSPS) is 12.2. The fraction of sp³-hybridized carbons (Fsp3) is 0.344. The standard InChI is InChI=1S/C32H35N5O5S2/c1-32(2,3)42-31(40)34-15-8-14-33-28(38)25-18-44-29(37-25)26-19-43-27(36-26)13-16-35-30(39)41-17-24-22-11-6-4-9-20(22)21-10-5-7-12-23(21)24/h4-7,9-12,18-19,24H,8,13-17H2,1-3H3,(H,33,38)(H,34,40)(H,35,39). The van der Waals surface area contributed by atoms with Gasteiger partial charge in [0.1, 0.15) is 28.6 Å². The van der Waals surface area contributed by atoms with E-state index in [9.17, 15) is 14.4 Å². The smallest absolute Gasteiger partial charge is 0.407 e. The Morgan fingerprint density at radius 2 is 1.48 bits per heavy atom. The summed E-state index contributed by atoms with van der Waals surface area (Å²) in [6, 6.07) is 16.5. The summed E-state index contributed by atoms with van der Waals surface area (Å²) < 4.78 is 10.8. The van der Waals surface area contributed by atoms with Gasteiger partial charge in [0, 0.05) is 42.7 Å². The molecule has 2 aromatic carbocycles. The van der Waals surface area contributed by atoms with Gasteiger partial charge >= 0.3 is 12.2 Å². The summed E-state index contributed by atoms with van der Waals surface area (Å²) in [6.45, 7) is 6.83. The van der Waals surface area contributed by atoms with Crippen molar-refractivity contribution in [3.8, 4) is 21.8 Å². The highest BCUT2D eigenvalue weighted by molar-refractivity contribution is 7.14. The van der Waals surface area contributed by atoms with E-state index in [1.807, 2.05) is 29.6 Å². The van der Waals surface area contributed by atoms with Gasteiger partial charge in [0.2, 0.25) is 0 Å². The molecule has 10 nitrogen and oxygen atoms in total. The maximum absolute atomic E-state index is 12.5. The summed E-state index contributed by atoms with van der Waals surface area (Å²) >= 11 is 2.82. The predicted octanol–water partition coefficient (Wildman–Crippen LogP) is 5.99. The zero-order valence-electron chi connectivity index (χ0n) is 24.8. The third-order valence-corrected chi connectivity index (χ3v) is 8.54. The number of benzene rings is 2. The molecule has 0 saturated heterocycles. The first-order chi connectivity index (χ1) is 21.2. The molecular weight excluding hydrogens is 599 g/mol. The van der Waals surface area contributed by atoms with Crippen LogP contribution in [-0.2, 0) is 15.9 Å². The van der Waals surface area contributed by atoms with Crippen molar-refractivity contribution >= 4 is 40.8 Å². The van der Waals surface area contributed by atoms with Crippen molar-refractivity contribution < 1.29 is 23.9 Å². The van der Waals surface area contributed by atoms with Gasteiger partial charge in [-0.1, -0.05) is 48.5 Å². The van der Waals surface area contributed by atoms with Gasteiger partial charge in [0.15, 0.2) is 0 Å². The van der Waals surface area contributed by atoms with E-state index in [2.05, 4.69) is 50.2 Å². The molecule has 0 atom stereocenters. The van der Waals surface area contributed by atoms with Gasteiger partial charge in [-0.15, -0.1) is 22.7 Å². The molecule has 230 valence electrons. The summed E-state index contributed by atoms with van der Waals surface area (Å²) in [5, 5.41) is 13.4. The van der Waals surface area contributed by atoms with Gasteiger partial charge in [0.05, 0.1) is 5.01 Å². The number of aromatic nitrogens is 2. The molecule has 44 heavy (non-hydrogen) atoms. The number of carbonyl (C=O) groups excluding carboxylic acids is 3. The van der Waals surface area contributed by atoms with Crippen LogP contribution in [0.25, 0.3) is 21.8 Å². The molecule has 3 amide bonds. The van der Waals surface area contributed by atoms with Gasteiger partial charge in [-0.05, 0) is 49.4 Å². The number of nitrogens with one attached hydrogen (secondary N) is 3. The molecule has 1 aliphatic rings. The molecule has 12 heteroatoms. The quantitative estimate of drug-likeness (QED) is 0.173. The second-order valence-electron chi connectivity index (χ2n) is 11.2. The lowest BCUT2D eigenvalue weighted by atomic mass is 9.98. The van der Waals surface area contributed by atoms with Crippen molar-refractivity contribution in [2.45, 2.75) is 45.1 Å². The first-order valence-electron chi connectivity index (χ1n) is 14.4. The average Bonchev–Trinajstić information content (AvgIpc) is 3.73. The Kier molecular flexibility index (Phi) is 9.91. The van der Waals surface area contributed by atoms with Crippen molar-refractivity contribution in [1.29, 1.82) is 0 Å². The minimum absolute atomic E-state index is 0.0149. The maximum Gasteiger partial charge on any atom is 0.407 e. The van der Waals surface area contributed by atoms with Crippen LogP contribution in [-0.4, -0.2) is 59.9 Å². The molecule has 5 rings (SSSR count). The highest BCUT2D eigenvalue weighted by Crippen LogP contribution is 2.44. The van der Waals surface area contributed by atoms with Crippen LogP contribution in [0.4, 0.5) is 9.59 Å². The van der Waals surface area contributed by atoms with Crippen molar-refractivity contribution in [2.24, 2.45) is 0 Å². The Morgan fingerprint density at radius 1 is 0.818 bits per heavy atom. The molecule has 0 saturated carbocycles. The topological polar surface area (TPSA) is 132 Å². The van der Waals surface area contributed by atoms with Gasteiger partial charge in [0.25, 0.3) is 5.91 Å². The van der Waals surface area contributed by atoms with E-state index < -0.39 is 17.8 Å². The van der Waals surface area contributed by atoms with Crippen LogP contribution in [0.3, 0.4) is 0 Å². The van der Waals surface area contributed by atoms with Crippen LogP contribution < -0.4 is 16.0 Å². The maximum atomic E-state index is 12.5. The van der Waals surface area contributed by atoms with Crippen LogP contribution >= 0.6 is 22.7 Å². The minimum Gasteiger partial charge on any atom is -0.449 e. The molecule has 0 spiro atoms. The molecule has 0 aliphatic heterocycles. The van der Waals surface area contributed by atoms with E-state index >= 15 is 0 Å². The van der Waals surface area contributed by atoms with Crippen LogP contribution in [0.15, 0.2) is 59.3 Å². The third kappa shape index (κ3) is 8.00. The second-order valence-corrected chi connectivity index (χ2v) is 13.0. The summed E-state index contributed by atoms with van der Waals surface area (Å²) in [4.78, 5) is 45.7. The number of fused-ring (bicyclic) bond motifs is 3. The Hall–Kier alpha value is -4.29. The number of carbonyl (C=O) groups is 3. The minimum atomic E-state index is -0.555. The molecule has 3 N–H and O–H groups in total. The van der Waals surface area contributed by atoms with Crippen molar-refractivity contribution in [3.63, 3.8) is 0 Å². The Labute approximate surface area is 264 Å². The Balaban J connectivity index is 1.02. The number of rotatable bonds is 11. The fourth-order valence-corrected chi connectivity index (χ4v) is 6.44. The van der Waals surface area contributed by atoms with Gasteiger partial charge in [-0.3, -0.25) is 4.79 Å². The highest BCUT2D eigenvalue weighted by atomic mass is 32.1. The number of thiazole rings is 2. The van der Waals surface area contributed by atoms with Crippen molar-refractivity contribution in [2.75, 3.05) is 26.2 Å². The van der Waals surface area contributed by atoms with Crippen molar-refractivity contribution in [1.82, 2.24) is 25.9 Å². The number of hydrogen-bond donors (Lipinski definition) is 3. The van der Waals surface area contributed by atoms with E-state index in [1.165, 1.54) is 44.9 Å². The Bertz CT molecular complexity index is 1580. The first-order valence-corrected chi connectivity index (χ1v) is 16.2. The molecule has 0 unspecified atom stereocenters. The molecule has 1 aliphatic carbocycles. The Morgan fingerprint density at radius 3 is 2.18 bits per heavy atom. The molecule has 0 radical (unpaired) electrons. The third-order valence-electron chi connectivity index (χ3n) is 6.77. The monoisotopic (exact) mass is 633 g/mol. The summed E-state index contributed by atoms with van der Waals surface area (Å²) in [5.41, 5.74) is 5.18. The predicted molar refractivity (Wildman–Crippen MR) is 171 cm³/mol.